The van der Waals surface area contributed by atoms with Crippen LogP contribution >= 0.6 is 11.3 Å². The summed E-state index contributed by atoms with van der Waals surface area (Å²) in [5.41, 5.74) is -4.54. The van der Waals surface area contributed by atoms with E-state index >= 15 is 0 Å². The molecule has 0 aromatic carbocycles. The summed E-state index contributed by atoms with van der Waals surface area (Å²) < 4.78 is 78.3. The van der Waals surface area contributed by atoms with Crippen LogP contribution < -0.4 is 4.90 Å². The Balaban J connectivity index is 2.50. The Morgan fingerprint density at radius 1 is 1.14 bits per heavy atom. The van der Waals surface area contributed by atoms with E-state index in [1.54, 1.807) is 0 Å². The third-order valence-electron chi connectivity index (χ3n) is 3.75. The van der Waals surface area contributed by atoms with E-state index in [0.717, 1.165) is 4.90 Å². The van der Waals surface area contributed by atoms with Crippen molar-refractivity contribution in [1.29, 1.82) is 0 Å². The van der Waals surface area contributed by atoms with Gasteiger partial charge in [0.05, 0.1) is 11.4 Å². The average molecular weight is 427 g/mol. The van der Waals surface area contributed by atoms with Crippen molar-refractivity contribution in [2.24, 2.45) is 5.92 Å². The van der Waals surface area contributed by atoms with Gasteiger partial charge in [-0.25, -0.2) is 4.98 Å². The number of amides is 1. The third-order valence-corrected chi connectivity index (χ3v) is 4.88. The van der Waals surface area contributed by atoms with Gasteiger partial charge in [0.2, 0.25) is 5.91 Å². The molecule has 2 rings (SSSR count). The lowest BCUT2D eigenvalue weighted by molar-refractivity contribution is -0.375. The fraction of sp³-hybridized carbons (Fsp3) is 0.438. The van der Waals surface area contributed by atoms with E-state index < -0.39 is 39.8 Å². The van der Waals surface area contributed by atoms with Gasteiger partial charge in [-0.1, -0.05) is 25.2 Å². The Kier molecular flexibility index (Phi) is 6.04. The molecule has 0 spiro atoms. The Labute approximate surface area is 159 Å². The normalized spacial score (nSPS) is 13.1. The molecule has 0 saturated carbocycles. The van der Waals surface area contributed by atoms with Crippen LogP contribution in [0.2, 0.25) is 0 Å². The van der Waals surface area contributed by atoms with Gasteiger partial charge < -0.3 is 5.11 Å². The van der Waals surface area contributed by atoms with E-state index in [1.165, 1.54) is 38.4 Å². The highest BCUT2D eigenvalue weighted by Gasteiger charge is 2.72. The van der Waals surface area contributed by atoms with Crippen molar-refractivity contribution < 1.29 is 36.2 Å². The summed E-state index contributed by atoms with van der Waals surface area (Å²) in [6, 6.07) is 3.08. The van der Waals surface area contributed by atoms with E-state index in [4.69, 9.17) is 0 Å². The third kappa shape index (κ3) is 4.12. The molecule has 0 aliphatic carbocycles. The molecule has 0 fully saturated rings. The van der Waals surface area contributed by atoms with Crippen LogP contribution in [0.5, 0.6) is 0 Å². The van der Waals surface area contributed by atoms with Crippen molar-refractivity contribution in [3.05, 3.63) is 41.2 Å². The van der Waals surface area contributed by atoms with Gasteiger partial charge in [-0.3, -0.25) is 14.7 Å². The molecule has 28 heavy (non-hydrogen) atoms. The minimum absolute atomic E-state index is 0.0450. The van der Waals surface area contributed by atoms with Gasteiger partial charge in [0.15, 0.2) is 5.13 Å². The molecule has 0 bridgehead atoms. The second kappa shape index (κ2) is 7.66. The molecule has 0 aliphatic heterocycles. The zero-order valence-electron chi connectivity index (χ0n) is 14.5. The zero-order chi connectivity index (χ0) is 21.3. The first kappa shape index (κ1) is 22.1. The number of hydrogen-bond donors (Lipinski definition) is 1. The van der Waals surface area contributed by atoms with Crippen LogP contribution in [0, 0.1) is 5.92 Å². The molecule has 0 radical (unpaired) electrons. The highest BCUT2D eigenvalue weighted by atomic mass is 32.1. The smallest absolute Gasteiger partial charge is 0.369 e. The number of nitrogens with zero attached hydrogens (tertiary/aromatic N) is 3. The van der Waals surface area contributed by atoms with E-state index in [9.17, 15) is 36.2 Å². The van der Waals surface area contributed by atoms with Gasteiger partial charge in [-0.2, -0.15) is 26.3 Å². The van der Waals surface area contributed by atoms with Crippen LogP contribution in [0.3, 0.4) is 0 Å². The maximum absolute atomic E-state index is 13.1. The van der Waals surface area contributed by atoms with Gasteiger partial charge in [0.1, 0.15) is 0 Å². The molecule has 1 amide bonds. The minimum Gasteiger partial charge on any atom is -0.369 e. The van der Waals surface area contributed by atoms with Crippen molar-refractivity contribution in [3.8, 4) is 0 Å². The highest BCUT2D eigenvalue weighted by molar-refractivity contribution is 7.15. The number of alkyl halides is 6. The van der Waals surface area contributed by atoms with Gasteiger partial charge >= 0.3 is 12.4 Å². The molecular weight excluding hydrogens is 412 g/mol. The molecule has 0 atom stereocenters. The lowest BCUT2D eigenvalue weighted by Gasteiger charge is -2.31. The summed E-state index contributed by atoms with van der Waals surface area (Å²) in [4.78, 5) is 19.3. The van der Waals surface area contributed by atoms with E-state index in [2.05, 4.69) is 9.97 Å². The quantitative estimate of drug-likeness (QED) is 0.732. The zero-order valence-corrected chi connectivity index (χ0v) is 15.4. The van der Waals surface area contributed by atoms with Gasteiger partial charge in [0.25, 0.3) is 5.60 Å². The first-order valence-electron chi connectivity index (χ1n) is 7.81. The monoisotopic (exact) mass is 427 g/mol. The Morgan fingerprint density at radius 3 is 2.14 bits per heavy atom. The molecule has 12 heteroatoms. The van der Waals surface area contributed by atoms with Crippen LogP contribution in [0.4, 0.5) is 31.5 Å². The van der Waals surface area contributed by atoms with Crippen LogP contribution in [0.15, 0.2) is 30.7 Å². The number of halogens is 6. The lowest BCUT2D eigenvalue weighted by Crippen LogP contribution is -2.53. The van der Waals surface area contributed by atoms with Gasteiger partial charge in [0, 0.05) is 24.5 Å². The summed E-state index contributed by atoms with van der Waals surface area (Å²) in [7, 11) is 0. The average Bonchev–Trinajstić information content (AvgIpc) is 3.07. The lowest BCUT2D eigenvalue weighted by atomic mass is 10.0. The highest BCUT2D eigenvalue weighted by Crippen LogP contribution is 2.52. The predicted octanol–water partition coefficient (Wildman–Crippen LogP) is 4.04. The van der Waals surface area contributed by atoms with Crippen LogP contribution in [0.1, 0.15) is 24.3 Å². The summed E-state index contributed by atoms with van der Waals surface area (Å²) in [6.45, 7) is 2.92. The second-order valence-electron chi connectivity index (χ2n) is 6.15. The predicted molar refractivity (Wildman–Crippen MR) is 88.4 cm³/mol. The number of carbonyl (C=O) groups excluding carboxylic acids is 1. The molecule has 0 unspecified atom stereocenters. The van der Waals surface area contributed by atoms with Crippen molar-refractivity contribution >= 4 is 22.4 Å². The number of anilines is 1. The maximum atomic E-state index is 13.1. The van der Waals surface area contributed by atoms with E-state index in [0.29, 0.717) is 5.56 Å². The van der Waals surface area contributed by atoms with Crippen LogP contribution in [-0.2, 0) is 16.9 Å². The fourth-order valence-corrected chi connectivity index (χ4v) is 3.27. The molecule has 0 saturated heterocycles. The standard InChI is InChI=1S/C16H15F6N3O2S/c1-9(2)12(26)25(8-10-3-5-23-6-4-10)13-24-7-11(28-13)14(27,15(17,18)19)16(20,21)22/h3-7,9,27H,8H2,1-2H3. The number of carbonyl (C=O) groups is 1. The molecule has 2 aromatic rings. The number of aliphatic hydroxyl groups is 1. The Morgan fingerprint density at radius 2 is 1.68 bits per heavy atom. The van der Waals surface area contributed by atoms with Crippen molar-refractivity contribution in [3.63, 3.8) is 0 Å². The van der Waals surface area contributed by atoms with Crippen LogP contribution in [0.25, 0.3) is 0 Å². The number of hydrogen-bond acceptors (Lipinski definition) is 5. The Bertz CT molecular complexity index is 806. The Hall–Kier alpha value is -2.21. The molecule has 154 valence electrons. The molecule has 2 heterocycles. The van der Waals surface area contributed by atoms with Crippen molar-refractivity contribution in [2.75, 3.05) is 4.90 Å². The van der Waals surface area contributed by atoms with Crippen molar-refractivity contribution in [2.45, 2.75) is 38.3 Å². The first-order valence-corrected chi connectivity index (χ1v) is 8.63. The summed E-state index contributed by atoms with van der Waals surface area (Å²) >= 11 is -0.0450. The molecule has 1 N–H and O–H groups in total. The first-order chi connectivity index (χ1) is 12.8. The molecule has 2 aromatic heterocycles. The summed E-state index contributed by atoms with van der Waals surface area (Å²) in [5, 5.41) is 9.11. The molecule has 0 aliphatic rings. The summed E-state index contributed by atoms with van der Waals surface area (Å²) in [6.07, 6.45) is -8.91. The molecular formula is C16H15F6N3O2S. The van der Waals surface area contributed by atoms with Gasteiger partial charge in [-0.05, 0) is 17.7 Å². The SMILES string of the molecule is CC(C)C(=O)N(Cc1ccncc1)c1ncc(C(O)(C(F)(F)F)C(F)(F)F)s1. The molecule has 5 nitrogen and oxygen atoms in total. The van der Waals surface area contributed by atoms with E-state index in [1.807, 2.05) is 0 Å². The van der Waals surface area contributed by atoms with Crippen LogP contribution in [-0.4, -0.2) is 33.3 Å². The number of aromatic nitrogens is 2. The number of thiazole rings is 1. The topological polar surface area (TPSA) is 66.3 Å². The fourth-order valence-electron chi connectivity index (χ4n) is 2.22. The number of pyridine rings is 1. The van der Waals surface area contributed by atoms with E-state index in [-0.39, 0.29) is 24.1 Å². The maximum Gasteiger partial charge on any atom is 0.431 e. The van der Waals surface area contributed by atoms with Crippen molar-refractivity contribution in [1.82, 2.24) is 9.97 Å². The van der Waals surface area contributed by atoms with Gasteiger partial charge in [-0.15, -0.1) is 0 Å². The largest absolute Gasteiger partial charge is 0.431 e. The second-order valence-corrected chi connectivity index (χ2v) is 7.16. The summed E-state index contributed by atoms with van der Waals surface area (Å²) in [5.74, 6) is -1.15. The minimum atomic E-state index is -6.02. The number of rotatable bonds is 5.